The van der Waals surface area contributed by atoms with Crippen LogP contribution in [0.4, 0.5) is 0 Å². The summed E-state index contributed by atoms with van der Waals surface area (Å²) >= 11 is 5.85. The minimum absolute atomic E-state index is 0.0814. The number of benzene rings is 2. The predicted molar refractivity (Wildman–Crippen MR) is 101 cm³/mol. The SMILES string of the molecule is C[C@H](C(=O)OCc1nc(-c2ccc(Cl)cc2)no1)N1C(=O)c2ccccc2C1=O. The maximum atomic E-state index is 12.5. The van der Waals surface area contributed by atoms with E-state index in [2.05, 4.69) is 10.1 Å². The van der Waals surface area contributed by atoms with Crippen LogP contribution in [0, 0.1) is 0 Å². The van der Waals surface area contributed by atoms with E-state index < -0.39 is 23.8 Å². The molecule has 0 unspecified atom stereocenters. The van der Waals surface area contributed by atoms with Crippen LogP contribution in [0.15, 0.2) is 53.1 Å². The summed E-state index contributed by atoms with van der Waals surface area (Å²) in [4.78, 5) is 42.3. The van der Waals surface area contributed by atoms with Crippen LogP contribution in [0.2, 0.25) is 5.02 Å². The number of hydrogen-bond acceptors (Lipinski definition) is 7. The fraction of sp³-hybridized carbons (Fsp3) is 0.150. The van der Waals surface area contributed by atoms with Gasteiger partial charge >= 0.3 is 5.97 Å². The van der Waals surface area contributed by atoms with Crippen LogP contribution in [-0.2, 0) is 16.1 Å². The standard InChI is InChI=1S/C20H14ClN3O5/c1-11(24-18(25)14-4-2-3-5-15(14)19(24)26)20(27)28-10-16-22-17(23-29-16)12-6-8-13(21)9-7-12/h2-9,11H,10H2,1H3/t11-/m1/s1. The third-order valence-electron chi connectivity index (χ3n) is 4.46. The van der Waals surface area contributed by atoms with Crippen molar-refractivity contribution in [1.29, 1.82) is 0 Å². The van der Waals surface area contributed by atoms with Gasteiger partial charge in [-0.05, 0) is 43.3 Å². The Labute approximate surface area is 170 Å². The van der Waals surface area contributed by atoms with Gasteiger partial charge in [0.2, 0.25) is 5.82 Å². The molecule has 29 heavy (non-hydrogen) atoms. The number of carbonyl (C=O) groups excluding carboxylic acids is 3. The van der Waals surface area contributed by atoms with Crippen molar-refractivity contribution in [2.24, 2.45) is 0 Å². The predicted octanol–water partition coefficient (Wildman–Crippen LogP) is 3.12. The van der Waals surface area contributed by atoms with Gasteiger partial charge in [-0.15, -0.1) is 0 Å². The van der Waals surface area contributed by atoms with E-state index in [0.717, 1.165) is 4.90 Å². The van der Waals surface area contributed by atoms with Crippen molar-refractivity contribution in [3.05, 3.63) is 70.6 Å². The van der Waals surface area contributed by atoms with Crippen molar-refractivity contribution in [2.75, 3.05) is 0 Å². The van der Waals surface area contributed by atoms with Gasteiger partial charge in [0.1, 0.15) is 6.04 Å². The number of hydrogen-bond donors (Lipinski definition) is 0. The molecule has 1 aromatic heterocycles. The summed E-state index contributed by atoms with van der Waals surface area (Å²) in [6.07, 6.45) is 0. The van der Waals surface area contributed by atoms with Gasteiger partial charge in [0.15, 0.2) is 6.61 Å². The molecule has 2 aromatic carbocycles. The Morgan fingerprint density at radius 1 is 1.10 bits per heavy atom. The Balaban J connectivity index is 1.41. The van der Waals surface area contributed by atoms with Crippen molar-refractivity contribution < 1.29 is 23.6 Å². The quantitative estimate of drug-likeness (QED) is 0.469. The summed E-state index contributed by atoms with van der Waals surface area (Å²) in [6, 6.07) is 12.2. The van der Waals surface area contributed by atoms with Gasteiger partial charge in [-0.1, -0.05) is 28.9 Å². The van der Waals surface area contributed by atoms with Gasteiger partial charge in [0, 0.05) is 10.6 Å². The minimum atomic E-state index is -1.10. The number of esters is 1. The molecule has 3 aromatic rings. The molecule has 0 bridgehead atoms. The molecule has 4 rings (SSSR count). The number of imide groups is 1. The molecule has 8 nitrogen and oxygen atoms in total. The largest absolute Gasteiger partial charge is 0.454 e. The van der Waals surface area contributed by atoms with Crippen molar-refractivity contribution in [3.8, 4) is 11.4 Å². The molecule has 0 saturated carbocycles. The maximum Gasteiger partial charge on any atom is 0.329 e. The molecule has 2 amide bonds. The van der Waals surface area contributed by atoms with E-state index in [9.17, 15) is 14.4 Å². The summed E-state index contributed by atoms with van der Waals surface area (Å²) in [5.74, 6) is -1.42. The molecule has 0 spiro atoms. The van der Waals surface area contributed by atoms with Gasteiger partial charge in [-0.25, -0.2) is 4.79 Å². The van der Waals surface area contributed by atoms with E-state index in [1.54, 1.807) is 48.5 Å². The maximum absolute atomic E-state index is 12.5. The lowest BCUT2D eigenvalue weighted by Crippen LogP contribution is -2.43. The number of aromatic nitrogens is 2. The molecule has 0 saturated heterocycles. The Morgan fingerprint density at radius 2 is 1.72 bits per heavy atom. The molecular weight excluding hydrogens is 398 g/mol. The molecule has 0 aliphatic carbocycles. The van der Waals surface area contributed by atoms with Gasteiger partial charge < -0.3 is 9.26 Å². The number of halogens is 1. The average molecular weight is 412 g/mol. The average Bonchev–Trinajstić information content (AvgIpc) is 3.30. The minimum Gasteiger partial charge on any atom is -0.454 e. The van der Waals surface area contributed by atoms with Gasteiger partial charge in [0.25, 0.3) is 17.7 Å². The molecule has 0 radical (unpaired) electrons. The van der Waals surface area contributed by atoms with Crippen molar-refractivity contribution in [3.63, 3.8) is 0 Å². The fourth-order valence-electron chi connectivity index (χ4n) is 2.95. The lowest BCUT2D eigenvalue weighted by molar-refractivity contribution is -0.149. The fourth-order valence-corrected chi connectivity index (χ4v) is 3.07. The molecule has 2 heterocycles. The van der Waals surface area contributed by atoms with Gasteiger partial charge in [0.05, 0.1) is 11.1 Å². The van der Waals surface area contributed by atoms with Crippen LogP contribution in [0.3, 0.4) is 0 Å². The summed E-state index contributed by atoms with van der Waals surface area (Å²) in [5, 5.41) is 4.41. The highest BCUT2D eigenvalue weighted by atomic mass is 35.5. The molecular formula is C20H14ClN3O5. The van der Waals surface area contributed by atoms with E-state index in [4.69, 9.17) is 20.9 Å². The first-order valence-electron chi connectivity index (χ1n) is 8.68. The first-order valence-corrected chi connectivity index (χ1v) is 9.05. The van der Waals surface area contributed by atoms with E-state index in [0.29, 0.717) is 16.4 Å². The highest BCUT2D eigenvalue weighted by molar-refractivity contribution is 6.30. The summed E-state index contributed by atoms with van der Waals surface area (Å²) < 4.78 is 10.2. The highest BCUT2D eigenvalue weighted by Crippen LogP contribution is 2.25. The first kappa shape index (κ1) is 18.8. The van der Waals surface area contributed by atoms with Crippen LogP contribution < -0.4 is 0 Å². The second kappa shape index (κ2) is 7.48. The Kier molecular flexibility index (Phi) is 4.85. The molecule has 0 N–H and O–H groups in total. The Bertz CT molecular complexity index is 1070. The Morgan fingerprint density at radius 3 is 2.34 bits per heavy atom. The zero-order chi connectivity index (χ0) is 20.5. The third-order valence-corrected chi connectivity index (χ3v) is 4.71. The second-order valence-corrected chi connectivity index (χ2v) is 6.76. The summed E-state index contributed by atoms with van der Waals surface area (Å²) in [7, 11) is 0. The summed E-state index contributed by atoms with van der Waals surface area (Å²) in [5.41, 5.74) is 1.22. The smallest absolute Gasteiger partial charge is 0.329 e. The van der Waals surface area contributed by atoms with Crippen molar-refractivity contribution >= 4 is 29.4 Å². The van der Waals surface area contributed by atoms with Crippen molar-refractivity contribution in [1.82, 2.24) is 15.0 Å². The zero-order valence-corrected chi connectivity index (χ0v) is 15.9. The summed E-state index contributed by atoms with van der Waals surface area (Å²) in [6.45, 7) is 1.14. The van der Waals surface area contributed by atoms with Crippen LogP contribution >= 0.6 is 11.6 Å². The molecule has 9 heteroatoms. The second-order valence-electron chi connectivity index (χ2n) is 6.33. The molecule has 146 valence electrons. The van der Waals surface area contributed by atoms with E-state index in [-0.39, 0.29) is 23.6 Å². The van der Waals surface area contributed by atoms with Crippen LogP contribution in [0.25, 0.3) is 11.4 Å². The lowest BCUT2D eigenvalue weighted by Gasteiger charge is -2.20. The number of nitrogens with zero attached hydrogens (tertiary/aromatic N) is 3. The van der Waals surface area contributed by atoms with Gasteiger partial charge in [-0.3, -0.25) is 14.5 Å². The van der Waals surface area contributed by atoms with Crippen molar-refractivity contribution in [2.45, 2.75) is 19.6 Å². The first-order chi connectivity index (χ1) is 14.0. The topological polar surface area (TPSA) is 103 Å². The number of fused-ring (bicyclic) bond motifs is 1. The number of amides is 2. The monoisotopic (exact) mass is 411 g/mol. The number of ether oxygens (including phenoxy) is 1. The van der Waals surface area contributed by atoms with E-state index in [1.807, 2.05) is 0 Å². The third kappa shape index (κ3) is 3.50. The van der Waals surface area contributed by atoms with Gasteiger partial charge in [-0.2, -0.15) is 4.98 Å². The van der Waals surface area contributed by atoms with Crippen LogP contribution in [0.5, 0.6) is 0 Å². The normalized spacial score (nSPS) is 14.1. The lowest BCUT2D eigenvalue weighted by atomic mass is 10.1. The zero-order valence-electron chi connectivity index (χ0n) is 15.2. The van der Waals surface area contributed by atoms with E-state index >= 15 is 0 Å². The molecule has 1 aliphatic rings. The van der Waals surface area contributed by atoms with Crippen LogP contribution in [-0.4, -0.2) is 38.9 Å². The Hall–Kier alpha value is -3.52. The molecule has 0 fully saturated rings. The molecule has 1 aliphatic heterocycles. The molecule has 1 atom stereocenters. The highest BCUT2D eigenvalue weighted by Gasteiger charge is 2.41. The van der Waals surface area contributed by atoms with E-state index in [1.165, 1.54) is 6.92 Å². The number of carbonyl (C=O) groups is 3. The van der Waals surface area contributed by atoms with Crippen LogP contribution in [0.1, 0.15) is 33.5 Å². The number of rotatable bonds is 5.